The smallest absolute Gasteiger partial charge is 0.249 e. The molecule has 2 rings (SSSR count). The third-order valence-electron chi connectivity index (χ3n) is 4.64. The Morgan fingerprint density at radius 1 is 0.935 bits per heavy atom. The molecule has 1 N–H and O–H groups in total. The van der Waals surface area contributed by atoms with E-state index in [1.807, 2.05) is 70.2 Å². The van der Waals surface area contributed by atoms with Gasteiger partial charge in [0.1, 0.15) is 6.10 Å². The summed E-state index contributed by atoms with van der Waals surface area (Å²) in [5.41, 5.74) is 2.20. The summed E-state index contributed by atoms with van der Waals surface area (Å²) in [7, 11) is 1.63. The first kappa shape index (κ1) is 25.0. The molecule has 0 spiro atoms. The monoisotopic (exact) mass is 447 g/mol. The van der Waals surface area contributed by atoms with Gasteiger partial charge in [0.05, 0.1) is 19.3 Å². The van der Waals surface area contributed by atoms with Crippen LogP contribution in [-0.2, 0) is 22.4 Å². The van der Waals surface area contributed by atoms with Crippen LogP contribution in [0.5, 0.6) is 11.5 Å². The van der Waals surface area contributed by atoms with Crippen LogP contribution in [0, 0.1) is 0 Å². The van der Waals surface area contributed by atoms with Crippen LogP contribution in [0.2, 0.25) is 5.02 Å². The number of carbonyl (C=O) groups is 1. The van der Waals surface area contributed by atoms with E-state index < -0.39 is 6.10 Å². The minimum Gasteiger partial charge on any atom is -0.493 e. The number of aryl methyl sites for hydroxylation is 1. The molecule has 0 saturated heterocycles. The van der Waals surface area contributed by atoms with Gasteiger partial charge in [-0.2, -0.15) is 0 Å². The largest absolute Gasteiger partial charge is 0.493 e. The molecule has 0 aromatic heterocycles. The summed E-state index contributed by atoms with van der Waals surface area (Å²) in [6.07, 6.45) is 1.60. The maximum atomic E-state index is 12.7. The van der Waals surface area contributed by atoms with Gasteiger partial charge in [-0.3, -0.25) is 4.79 Å². The normalized spacial score (nSPS) is 12.1. The molecule has 1 amide bonds. The first-order valence-corrected chi connectivity index (χ1v) is 11.2. The molecule has 0 unspecified atom stereocenters. The average molecular weight is 448 g/mol. The van der Waals surface area contributed by atoms with Gasteiger partial charge < -0.3 is 19.5 Å². The van der Waals surface area contributed by atoms with Crippen molar-refractivity contribution in [2.45, 2.75) is 65.3 Å². The topological polar surface area (TPSA) is 56.8 Å². The van der Waals surface area contributed by atoms with Crippen molar-refractivity contribution in [1.82, 2.24) is 5.32 Å². The van der Waals surface area contributed by atoms with Crippen LogP contribution < -0.4 is 14.8 Å². The molecule has 6 heteroatoms. The molecule has 0 radical (unpaired) electrons. The van der Waals surface area contributed by atoms with Crippen LogP contribution in [0.4, 0.5) is 0 Å². The highest BCUT2D eigenvalue weighted by Crippen LogP contribution is 2.29. The van der Waals surface area contributed by atoms with Gasteiger partial charge >= 0.3 is 0 Å². The van der Waals surface area contributed by atoms with Gasteiger partial charge in [-0.15, -0.1) is 0 Å². The van der Waals surface area contributed by atoms with Gasteiger partial charge in [-0.25, -0.2) is 0 Å². The summed E-state index contributed by atoms with van der Waals surface area (Å²) in [5, 5.41) is 3.71. The van der Waals surface area contributed by atoms with Gasteiger partial charge in [0.25, 0.3) is 0 Å². The van der Waals surface area contributed by atoms with E-state index >= 15 is 0 Å². The standard InChI is InChI=1S/C25H34ClNO4/c1-17(2)30-22-12-9-20(16-24(22)29-5)14-15-27-25(28)23(31-18(3)4)13-8-19-6-10-21(26)11-7-19/h6-7,9-12,16-18,23H,8,13-15H2,1-5H3,(H,27,28)/t23-/m0/s1. The van der Waals surface area contributed by atoms with E-state index in [0.717, 1.165) is 23.3 Å². The Hall–Kier alpha value is -2.24. The van der Waals surface area contributed by atoms with Crippen LogP contribution >= 0.6 is 11.6 Å². The quantitative estimate of drug-likeness (QED) is 0.484. The SMILES string of the molecule is COc1cc(CCNC(=O)[C@H](CCc2ccc(Cl)cc2)OC(C)C)ccc1OC(C)C. The molecule has 2 aromatic rings. The second kappa shape index (κ2) is 12.6. The number of nitrogens with one attached hydrogen (secondary N) is 1. The second-order valence-corrected chi connectivity index (χ2v) is 8.47. The maximum Gasteiger partial charge on any atom is 0.249 e. The number of amides is 1. The number of carbonyl (C=O) groups excluding carboxylic acids is 1. The highest BCUT2D eigenvalue weighted by Gasteiger charge is 2.20. The van der Waals surface area contributed by atoms with Crippen LogP contribution in [0.1, 0.15) is 45.2 Å². The zero-order chi connectivity index (χ0) is 22.8. The van der Waals surface area contributed by atoms with E-state index in [0.29, 0.717) is 30.2 Å². The van der Waals surface area contributed by atoms with Crippen LogP contribution in [0.25, 0.3) is 0 Å². The summed E-state index contributed by atoms with van der Waals surface area (Å²) in [5.74, 6) is 1.33. The fourth-order valence-electron chi connectivity index (χ4n) is 3.20. The zero-order valence-corrected chi connectivity index (χ0v) is 19.9. The molecule has 0 bridgehead atoms. The van der Waals surface area contributed by atoms with E-state index in [1.165, 1.54) is 0 Å². The third-order valence-corrected chi connectivity index (χ3v) is 4.89. The molecule has 0 heterocycles. The Bertz CT molecular complexity index is 821. The Balaban J connectivity index is 1.90. The van der Waals surface area contributed by atoms with Crippen molar-refractivity contribution >= 4 is 17.5 Å². The van der Waals surface area contributed by atoms with Gasteiger partial charge in [0.15, 0.2) is 11.5 Å². The van der Waals surface area contributed by atoms with Crippen LogP contribution in [-0.4, -0.2) is 37.9 Å². The van der Waals surface area contributed by atoms with Crippen molar-refractivity contribution in [3.8, 4) is 11.5 Å². The van der Waals surface area contributed by atoms with Crippen molar-refractivity contribution in [2.24, 2.45) is 0 Å². The molecule has 0 aliphatic carbocycles. The lowest BCUT2D eigenvalue weighted by molar-refractivity contribution is -0.136. The Morgan fingerprint density at radius 2 is 1.61 bits per heavy atom. The van der Waals surface area contributed by atoms with E-state index in [-0.39, 0.29) is 18.1 Å². The average Bonchev–Trinajstić information content (AvgIpc) is 2.72. The molecular formula is C25H34ClNO4. The number of rotatable bonds is 12. The highest BCUT2D eigenvalue weighted by atomic mass is 35.5. The zero-order valence-electron chi connectivity index (χ0n) is 19.1. The van der Waals surface area contributed by atoms with Crippen molar-refractivity contribution in [3.05, 3.63) is 58.6 Å². The van der Waals surface area contributed by atoms with Gasteiger partial charge in [0, 0.05) is 11.6 Å². The number of hydrogen-bond donors (Lipinski definition) is 1. The van der Waals surface area contributed by atoms with Crippen molar-refractivity contribution in [1.29, 1.82) is 0 Å². The lowest BCUT2D eigenvalue weighted by atomic mass is 10.1. The van der Waals surface area contributed by atoms with Crippen LogP contribution in [0.15, 0.2) is 42.5 Å². The fraction of sp³-hybridized carbons (Fsp3) is 0.480. The second-order valence-electron chi connectivity index (χ2n) is 8.03. The van der Waals surface area contributed by atoms with Gasteiger partial charge in [-0.1, -0.05) is 29.8 Å². The first-order chi connectivity index (χ1) is 14.8. The van der Waals surface area contributed by atoms with E-state index in [4.69, 9.17) is 25.8 Å². The highest BCUT2D eigenvalue weighted by molar-refractivity contribution is 6.30. The minimum absolute atomic E-state index is 0.0290. The summed E-state index contributed by atoms with van der Waals surface area (Å²) in [4.78, 5) is 12.7. The molecule has 0 aliphatic heterocycles. The number of hydrogen-bond acceptors (Lipinski definition) is 4. The molecule has 1 atom stereocenters. The number of benzene rings is 2. The van der Waals surface area contributed by atoms with E-state index in [2.05, 4.69) is 5.32 Å². The van der Waals surface area contributed by atoms with Crippen LogP contribution in [0.3, 0.4) is 0 Å². The number of ether oxygens (including phenoxy) is 3. The lowest BCUT2D eigenvalue weighted by Crippen LogP contribution is -2.39. The molecule has 170 valence electrons. The van der Waals surface area contributed by atoms with E-state index in [1.54, 1.807) is 7.11 Å². The van der Waals surface area contributed by atoms with Crippen molar-refractivity contribution < 1.29 is 19.0 Å². The summed E-state index contributed by atoms with van der Waals surface area (Å²) in [6, 6.07) is 13.5. The summed E-state index contributed by atoms with van der Waals surface area (Å²) in [6.45, 7) is 8.35. The fourth-order valence-corrected chi connectivity index (χ4v) is 3.33. The molecule has 31 heavy (non-hydrogen) atoms. The predicted molar refractivity (Wildman–Crippen MR) is 125 cm³/mol. The Kier molecular flexibility index (Phi) is 10.2. The van der Waals surface area contributed by atoms with E-state index in [9.17, 15) is 4.79 Å². The van der Waals surface area contributed by atoms with Crippen molar-refractivity contribution in [2.75, 3.05) is 13.7 Å². The minimum atomic E-state index is -0.493. The summed E-state index contributed by atoms with van der Waals surface area (Å²) < 4.78 is 17.1. The van der Waals surface area contributed by atoms with Crippen molar-refractivity contribution in [3.63, 3.8) is 0 Å². The Morgan fingerprint density at radius 3 is 2.23 bits per heavy atom. The molecule has 5 nitrogen and oxygen atoms in total. The summed E-state index contributed by atoms with van der Waals surface area (Å²) >= 11 is 5.95. The maximum absolute atomic E-state index is 12.7. The number of halogens is 1. The molecule has 0 aliphatic rings. The lowest BCUT2D eigenvalue weighted by Gasteiger charge is -2.20. The molecule has 0 saturated carbocycles. The molecular weight excluding hydrogens is 414 g/mol. The third kappa shape index (κ3) is 8.80. The predicted octanol–water partition coefficient (Wildman–Crippen LogP) is 5.22. The Labute approximate surface area is 191 Å². The van der Waals surface area contributed by atoms with Gasteiger partial charge in [-0.05, 0) is 82.3 Å². The first-order valence-electron chi connectivity index (χ1n) is 10.8. The molecule has 0 fully saturated rings. The molecule has 2 aromatic carbocycles. The van der Waals surface area contributed by atoms with Gasteiger partial charge in [0.2, 0.25) is 5.91 Å². The number of methoxy groups -OCH3 is 1.